The number of carbonyl (C=O) groups is 1. The van der Waals surface area contributed by atoms with Gasteiger partial charge in [0.25, 0.3) is 0 Å². The molecule has 3 rings (SSSR count). The normalized spacial score (nSPS) is 25.9. The fourth-order valence-corrected chi connectivity index (χ4v) is 3.15. The summed E-state index contributed by atoms with van der Waals surface area (Å²) >= 11 is 0. The Labute approximate surface area is 119 Å². The van der Waals surface area contributed by atoms with E-state index in [9.17, 15) is 9.90 Å². The van der Waals surface area contributed by atoms with Crippen molar-refractivity contribution in [2.24, 2.45) is 17.6 Å². The van der Waals surface area contributed by atoms with Crippen molar-refractivity contribution in [2.75, 3.05) is 13.1 Å². The van der Waals surface area contributed by atoms with Gasteiger partial charge in [0.05, 0.1) is 0 Å². The van der Waals surface area contributed by atoms with Crippen LogP contribution < -0.4 is 5.73 Å². The Balaban J connectivity index is 1.50. The Morgan fingerprint density at radius 2 is 1.95 bits per heavy atom. The topological polar surface area (TPSA) is 66.6 Å². The van der Waals surface area contributed by atoms with Gasteiger partial charge in [-0.25, -0.2) is 0 Å². The summed E-state index contributed by atoms with van der Waals surface area (Å²) in [7, 11) is 0. The van der Waals surface area contributed by atoms with Crippen LogP contribution in [0.5, 0.6) is 5.75 Å². The lowest BCUT2D eigenvalue weighted by atomic mass is 9.99. The van der Waals surface area contributed by atoms with Gasteiger partial charge in [-0.05, 0) is 48.8 Å². The number of phenolic OH excluding ortho intramolecular Hbond substituents is 1. The van der Waals surface area contributed by atoms with Crippen molar-refractivity contribution >= 4 is 5.91 Å². The third-order valence-corrected chi connectivity index (χ3v) is 4.56. The first kappa shape index (κ1) is 13.4. The van der Waals surface area contributed by atoms with E-state index in [0.717, 1.165) is 31.0 Å². The summed E-state index contributed by atoms with van der Waals surface area (Å²) in [6.45, 7) is 1.57. The number of benzene rings is 1. The Kier molecular flexibility index (Phi) is 3.66. The van der Waals surface area contributed by atoms with Gasteiger partial charge in [0.1, 0.15) is 5.75 Å². The number of nitrogens with two attached hydrogens (primary N) is 1. The molecule has 0 unspecified atom stereocenters. The fourth-order valence-electron chi connectivity index (χ4n) is 3.15. The van der Waals surface area contributed by atoms with E-state index in [1.54, 1.807) is 12.1 Å². The van der Waals surface area contributed by atoms with Crippen LogP contribution in [0.25, 0.3) is 0 Å². The molecule has 2 fully saturated rings. The first-order valence-electron chi connectivity index (χ1n) is 7.45. The summed E-state index contributed by atoms with van der Waals surface area (Å²) in [4.78, 5) is 14.2. The maximum atomic E-state index is 12.2. The van der Waals surface area contributed by atoms with Crippen molar-refractivity contribution in [1.82, 2.24) is 4.90 Å². The van der Waals surface area contributed by atoms with E-state index in [1.807, 2.05) is 17.0 Å². The molecule has 20 heavy (non-hydrogen) atoms. The number of phenols is 1. The average Bonchev–Trinajstić information content (AvgIpc) is 3.21. The number of carbonyl (C=O) groups excluding carboxylic acids is 1. The van der Waals surface area contributed by atoms with Crippen molar-refractivity contribution in [3.8, 4) is 5.75 Å². The molecule has 1 aromatic carbocycles. The fraction of sp³-hybridized carbons (Fsp3) is 0.562. The van der Waals surface area contributed by atoms with Crippen LogP contribution in [0.3, 0.4) is 0 Å². The van der Waals surface area contributed by atoms with Gasteiger partial charge in [-0.3, -0.25) is 4.79 Å². The SMILES string of the molecule is N[C@@H]1CN(C(=O)CCc2ccc(O)cc2)C[C@H]1C1CC1. The molecule has 0 bridgehead atoms. The highest BCUT2D eigenvalue weighted by Crippen LogP contribution is 2.40. The second-order valence-electron chi connectivity index (χ2n) is 6.13. The molecule has 2 atom stereocenters. The zero-order chi connectivity index (χ0) is 14.1. The van der Waals surface area contributed by atoms with Crippen molar-refractivity contribution in [3.63, 3.8) is 0 Å². The van der Waals surface area contributed by atoms with Crippen LogP contribution in [0.15, 0.2) is 24.3 Å². The summed E-state index contributed by atoms with van der Waals surface area (Å²) in [5.41, 5.74) is 7.23. The number of hydrogen-bond donors (Lipinski definition) is 2. The lowest BCUT2D eigenvalue weighted by molar-refractivity contribution is -0.130. The Bertz CT molecular complexity index is 482. The maximum absolute atomic E-state index is 12.2. The number of rotatable bonds is 4. The second-order valence-corrected chi connectivity index (χ2v) is 6.13. The lowest BCUT2D eigenvalue weighted by Crippen LogP contribution is -2.32. The van der Waals surface area contributed by atoms with Crippen LogP contribution in [0.4, 0.5) is 0 Å². The second kappa shape index (κ2) is 5.44. The summed E-state index contributed by atoms with van der Waals surface area (Å²) in [6.07, 6.45) is 3.82. The van der Waals surface area contributed by atoms with Gasteiger partial charge < -0.3 is 15.7 Å². The summed E-state index contributed by atoms with van der Waals surface area (Å²) in [5, 5.41) is 9.23. The van der Waals surface area contributed by atoms with Gasteiger partial charge in [0, 0.05) is 25.6 Å². The summed E-state index contributed by atoms with van der Waals surface area (Å²) < 4.78 is 0. The Hall–Kier alpha value is -1.55. The largest absolute Gasteiger partial charge is 0.508 e. The summed E-state index contributed by atoms with van der Waals surface area (Å²) in [5.74, 6) is 1.75. The van der Waals surface area contributed by atoms with E-state index >= 15 is 0 Å². The molecule has 1 amide bonds. The first-order valence-corrected chi connectivity index (χ1v) is 7.45. The molecular weight excluding hydrogens is 252 g/mol. The smallest absolute Gasteiger partial charge is 0.222 e. The van der Waals surface area contributed by atoms with Crippen LogP contribution in [0.1, 0.15) is 24.8 Å². The Morgan fingerprint density at radius 1 is 1.25 bits per heavy atom. The lowest BCUT2D eigenvalue weighted by Gasteiger charge is -2.16. The molecule has 1 aliphatic heterocycles. The molecule has 0 spiro atoms. The molecule has 1 heterocycles. The van der Waals surface area contributed by atoms with E-state index in [0.29, 0.717) is 12.3 Å². The van der Waals surface area contributed by atoms with Crippen LogP contribution in [0.2, 0.25) is 0 Å². The number of aryl methyl sites for hydroxylation is 1. The standard InChI is InChI=1S/C16H22N2O2/c17-15-10-18(9-14(15)12-4-5-12)16(20)8-3-11-1-6-13(19)7-2-11/h1-2,6-7,12,14-15,19H,3-5,8-10,17H2/t14-,15+/m0/s1. The molecule has 108 valence electrons. The first-order chi connectivity index (χ1) is 9.63. The molecular formula is C16H22N2O2. The van der Waals surface area contributed by atoms with E-state index in [4.69, 9.17) is 5.73 Å². The molecule has 4 heteroatoms. The van der Waals surface area contributed by atoms with Gasteiger partial charge >= 0.3 is 0 Å². The van der Waals surface area contributed by atoms with Crippen LogP contribution in [-0.4, -0.2) is 35.0 Å². The van der Waals surface area contributed by atoms with Crippen molar-refractivity contribution in [3.05, 3.63) is 29.8 Å². The minimum Gasteiger partial charge on any atom is -0.508 e. The van der Waals surface area contributed by atoms with Crippen molar-refractivity contribution < 1.29 is 9.90 Å². The molecule has 1 saturated heterocycles. The van der Waals surface area contributed by atoms with Gasteiger partial charge in [0.2, 0.25) is 5.91 Å². The zero-order valence-corrected chi connectivity index (χ0v) is 11.7. The predicted octanol–water partition coefficient (Wildman–Crippen LogP) is 1.52. The number of amides is 1. The number of likely N-dealkylation sites (tertiary alicyclic amines) is 1. The molecule has 4 nitrogen and oxygen atoms in total. The van der Waals surface area contributed by atoms with E-state index in [-0.39, 0.29) is 17.7 Å². The quantitative estimate of drug-likeness (QED) is 0.875. The zero-order valence-electron chi connectivity index (χ0n) is 11.7. The molecule has 1 aromatic rings. The van der Waals surface area contributed by atoms with E-state index in [1.165, 1.54) is 12.8 Å². The number of nitrogens with zero attached hydrogens (tertiary/aromatic N) is 1. The molecule has 1 saturated carbocycles. The van der Waals surface area contributed by atoms with Crippen LogP contribution in [-0.2, 0) is 11.2 Å². The van der Waals surface area contributed by atoms with Crippen molar-refractivity contribution in [1.29, 1.82) is 0 Å². The highest BCUT2D eigenvalue weighted by atomic mass is 16.3. The van der Waals surface area contributed by atoms with Gasteiger partial charge in [-0.15, -0.1) is 0 Å². The van der Waals surface area contributed by atoms with Crippen molar-refractivity contribution in [2.45, 2.75) is 31.7 Å². The van der Waals surface area contributed by atoms with E-state index in [2.05, 4.69) is 0 Å². The highest BCUT2D eigenvalue weighted by Gasteiger charge is 2.41. The molecule has 0 aromatic heterocycles. The third-order valence-electron chi connectivity index (χ3n) is 4.56. The minimum atomic E-state index is 0.167. The third kappa shape index (κ3) is 2.96. The highest BCUT2D eigenvalue weighted by molar-refractivity contribution is 5.77. The molecule has 1 aliphatic carbocycles. The summed E-state index contributed by atoms with van der Waals surface area (Å²) in [6, 6.07) is 7.22. The molecule has 2 aliphatic rings. The van der Waals surface area contributed by atoms with Crippen LogP contribution >= 0.6 is 0 Å². The molecule has 3 N–H and O–H groups in total. The monoisotopic (exact) mass is 274 g/mol. The predicted molar refractivity (Wildman–Crippen MR) is 77.2 cm³/mol. The Morgan fingerprint density at radius 3 is 2.60 bits per heavy atom. The van der Waals surface area contributed by atoms with Gasteiger partial charge in [0.15, 0.2) is 0 Å². The van der Waals surface area contributed by atoms with E-state index < -0.39 is 0 Å². The van der Waals surface area contributed by atoms with Crippen LogP contribution in [0, 0.1) is 11.8 Å². The number of hydrogen-bond acceptors (Lipinski definition) is 3. The van der Waals surface area contributed by atoms with Gasteiger partial charge in [-0.1, -0.05) is 12.1 Å². The maximum Gasteiger partial charge on any atom is 0.222 e. The number of aromatic hydroxyl groups is 1. The molecule has 0 radical (unpaired) electrons. The van der Waals surface area contributed by atoms with Gasteiger partial charge in [-0.2, -0.15) is 0 Å². The minimum absolute atomic E-state index is 0.167. The average molecular weight is 274 g/mol.